The van der Waals surface area contributed by atoms with E-state index in [9.17, 15) is 0 Å². The van der Waals surface area contributed by atoms with Crippen molar-refractivity contribution in [3.63, 3.8) is 0 Å². The van der Waals surface area contributed by atoms with Crippen molar-refractivity contribution < 1.29 is 0 Å². The molecule has 0 aliphatic carbocycles. The minimum Gasteiger partial charge on any atom is -0.220 e. The van der Waals surface area contributed by atoms with Crippen LogP contribution >= 0.6 is 11.6 Å². The lowest BCUT2D eigenvalue weighted by Crippen LogP contribution is -2.02. The average Bonchev–Trinajstić information content (AvgIpc) is 2.67. The molecule has 0 unspecified atom stereocenters. The maximum Gasteiger partial charge on any atom is 0.251 e. The minimum atomic E-state index is 0.266. The maximum atomic E-state index is 9.06. The monoisotopic (exact) mass is 247 g/mol. The molecule has 0 aliphatic rings. The molecule has 0 bridgehead atoms. The summed E-state index contributed by atoms with van der Waals surface area (Å²) in [5, 5.41) is 13.6. The highest BCUT2D eigenvalue weighted by molar-refractivity contribution is 6.31. The highest BCUT2D eigenvalue weighted by atomic mass is 35.5. The SMILES string of the molecule is CCCc1nn(-c2ncccn2)c(Cl)c1C#N. The summed E-state index contributed by atoms with van der Waals surface area (Å²) in [6, 6.07) is 3.78. The summed E-state index contributed by atoms with van der Waals surface area (Å²) in [6.07, 6.45) is 4.82. The molecule has 0 fully saturated rings. The summed E-state index contributed by atoms with van der Waals surface area (Å²) < 4.78 is 1.39. The smallest absolute Gasteiger partial charge is 0.220 e. The van der Waals surface area contributed by atoms with Crippen LogP contribution in [-0.4, -0.2) is 19.7 Å². The fraction of sp³-hybridized carbons (Fsp3) is 0.273. The van der Waals surface area contributed by atoms with Gasteiger partial charge in [0.05, 0.1) is 5.69 Å². The zero-order chi connectivity index (χ0) is 12.3. The normalized spacial score (nSPS) is 10.2. The van der Waals surface area contributed by atoms with Crippen LogP contribution in [0.4, 0.5) is 0 Å². The van der Waals surface area contributed by atoms with Crippen LogP contribution < -0.4 is 0 Å². The molecule has 0 spiro atoms. The van der Waals surface area contributed by atoms with Gasteiger partial charge in [-0.1, -0.05) is 24.9 Å². The minimum absolute atomic E-state index is 0.266. The number of rotatable bonds is 3. The van der Waals surface area contributed by atoms with E-state index in [-0.39, 0.29) is 5.15 Å². The second kappa shape index (κ2) is 4.93. The summed E-state index contributed by atoms with van der Waals surface area (Å²) in [5.41, 5.74) is 1.09. The number of halogens is 1. The van der Waals surface area contributed by atoms with Crippen LogP contribution in [0.3, 0.4) is 0 Å². The van der Waals surface area contributed by atoms with E-state index in [0.29, 0.717) is 23.6 Å². The molecule has 0 saturated heterocycles. The van der Waals surface area contributed by atoms with Gasteiger partial charge in [-0.15, -0.1) is 0 Å². The second-order valence-corrected chi connectivity index (χ2v) is 3.79. The Morgan fingerprint density at radius 1 is 1.41 bits per heavy atom. The molecular weight excluding hydrogens is 238 g/mol. The molecule has 6 heteroatoms. The van der Waals surface area contributed by atoms with Gasteiger partial charge >= 0.3 is 0 Å². The van der Waals surface area contributed by atoms with Crippen molar-refractivity contribution >= 4 is 11.6 Å². The molecule has 2 heterocycles. The van der Waals surface area contributed by atoms with E-state index in [1.165, 1.54) is 4.68 Å². The van der Waals surface area contributed by atoms with Gasteiger partial charge in [-0.25, -0.2) is 9.97 Å². The predicted molar refractivity (Wildman–Crippen MR) is 62.9 cm³/mol. The Bertz CT molecular complexity index is 555. The molecule has 5 nitrogen and oxygen atoms in total. The van der Waals surface area contributed by atoms with Crippen molar-refractivity contribution in [3.8, 4) is 12.0 Å². The highest BCUT2D eigenvalue weighted by Crippen LogP contribution is 2.22. The quantitative estimate of drug-likeness (QED) is 0.833. The first-order valence-electron chi connectivity index (χ1n) is 5.22. The summed E-state index contributed by atoms with van der Waals surface area (Å²) in [5.74, 6) is 0.372. The molecule has 2 rings (SSSR count). The molecule has 0 N–H and O–H groups in total. The van der Waals surface area contributed by atoms with E-state index < -0.39 is 0 Å². The third-order valence-corrected chi connectivity index (χ3v) is 2.59. The van der Waals surface area contributed by atoms with Crippen molar-refractivity contribution in [1.82, 2.24) is 19.7 Å². The molecule has 86 valence electrons. The van der Waals surface area contributed by atoms with Gasteiger partial charge in [-0.05, 0) is 12.5 Å². The van der Waals surface area contributed by atoms with E-state index in [1.807, 2.05) is 6.92 Å². The van der Waals surface area contributed by atoms with E-state index in [0.717, 1.165) is 6.42 Å². The molecular formula is C11H10ClN5. The molecule has 0 saturated carbocycles. The Balaban J connectivity index is 2.54. The summed E-state index contributed by atoms with van der Waals surface area (Å²) in [4.78, 5) is 8.11. The van der Waals surface area contributed by atoms with Crippen molar-refractivity contribution in [2.45, 2.75) is 19.8 Å². The number of hydrogen-bond donors (Lipinski definition) is 0. The van der Waals surface area contributed by atoms with Crippen LogP contribution in [0.15, 0.2) is 18.5 Å². The van der Waals surface area contributed by atoms with E-state index in [2.05, 4.69) is 21.1 Å². The fourth-order valence-corrected chi connectivity index (χ4v) is 1.76. The van der Waals surface area contributed by atoms with E-state index in [4.69, 9.17) is 16.9 Å². The van der Waals surface area contributed by atoms with Crippen molar-refractivity contribution in [3.05, 3.63) is 34.9 Å². The third-order valence-electron chi connectivity index (χ3n) is 2.24. The Morgan fingerprint density at radius 2 is 2.12 bits per heavy atom. The summed E-state index contributed by atoms with van der Waals surface area (Å²) in [7, 11) is 0. The molecule has 0 aromatic carbocycles. The topological polar surface area (TPSA) is 67.4 Å². The highest BCUT2D eigenvalue weighted by Gasteiger charge is 2.17. The lowest BCUT2D eigenvalue weighted by molar-refractivity contribution is 0.768. The first-order chi connectivity index (χ1) is 8.27. The number of nitrogens with zero attached hydrogens (tertiary/aromatic N) is 5. The van der Waals surface area contributed by atoms with Crippen molar-refractivity contribution in [2.24, 2.45) is 0 Å². The molecule has 0 atom stereocenters. The first kappa shape index (κ1) is 11.6. The standard InChI is InChI=1S/C11H10ClN5/c1-2-4-9-8(7-13)10(12)17(16-9)11-14-5-3-6-15-11/h3,5-6H,2,4H2,1H3. The van der Waals surface area contributed by atoms with Gasteiger partial charge < -0.3 is 0 Å². The molecule has 17 heavy (non-hydrogen) atoms. The zero-order valence-corrected chi connectivity index (χ0v) is 10.0. The number of hydrogen-bond acceptors (Lipinski definition) is 4. The van der Waals surface area contributed by atoms with Crippen LogP contribution in [0.25, 0.3) is 5.95 Å². The van der Waals surface area contributed by atoms with Gasteiger partial charge in [0.1, 0.15) is 11.6 Å². The molecule has 2 aromatic rings. The molecule has 2 aromatic heterocycles. The van der Waals surface area contributed by atoms with Crippen LogP contribution in [-0.2, 0) is 6.42 Å². The van der Waals surface area contributed by atoms with Crippen LogP contribution in [0, 0.1) is 11.3 Å². The summed E-state index contributed by atoms with van der Waals surface area (Å²) in [6.45, 7) is 2.02. The molecule has 0 aliphatic heterocycles. The number of aryl methyl sites for hydroxylation is 1. The average molecular weight is 248 g/mol. The molecule has 0 amide bonds. The Hall–Kier alpha value is -1.93. The largest absolute Gasteiger partial charge is 0.251 e. The second-order valence-electron chi connectivity index (χ2n) is 3.43. The lowest BCUT2D eigenvalue weighted by atomic mass is 10.2. The van der Waals surface area contributed by atoms with Gasteiger partial charge in [0.15, 0.2) is 5.15 Å². The third kappa shape index (κ3) is 2.12. The number of aromatic nitrogens is 4. The van der Waals surface area contributed by atoms with Gasteiger partial charge in [0, 0.05) is 12.4 Å². The Morgan fingerprint density at radius 3 is 2.71 bits per heavy atom. The predicted octanol–water partition coefficient (Wildman–Crippen LogP) is 2.14. The van der Waals surface area contributed by atoms with Gasteiger partial charge in [-0.3, -0.25) is 0 Å². The lowest BCUT2D eigenvalue weighted by Gasteiger charge is -1.98. The van der Waals surface area contributed by atoms with Gasteiger partial charge in [0.25, 0.3) is 5.95 Å². The summed E-state index contributed by atoms with van der Waals surface area (Å²) >= 11 is 6.10. The zero-order valence-electron chi connectivity index (χ0n) is 9.26. The Kier molecular flexibility index (Phi) is 3.35. The maximum absolute atomic E-state index is 9.06. The van der Waals surface area contributed by atoms with Gasteiger partial charge in [-0.2, -0.15) is 15.0 Å². The fourth-order valence-electron chi connectivity index (χ4n) is 1.50. The van der Waals surface area contributed by atoms with E-state index in [1.54, 1.807) is 18.5 Å². The van der Waals surface area contributed by atoms with Crippen LogP contribution in [0.2, 0.25) is 5.15 Å². The Labute approximate surface area is 104 Å². The van der Waals surface area contributed by atoms with Gasteiger partial charge in [0.2, 0.25) is 0 Å². The van der Waals surface area contributed by atoms with Crippen molar-refractivity contribution in [1.29, 1.82) is 5.26 Å². The molecule has 0 radical (unpaired) electrons. The first-order valence-corrected chi connectivity index (χ1v) is 5.60. The van der Waals surface area contributed by atoms with Crippen LogP contribution in [0.1, 0.15) is 24.6 Å². The van der Waals surface area contributed by atoms with E-state index >= 15 is 0 Å². The number of nitriles is 1. The van der Waals surface area contributed by atoms with Crippen molar-refractivity contribution in [2.75, 3.05) is 0 Å². The van der Waals surface area contributed by atoms with Crippen LogP contribution in [0.5, 0.6) is 0 Å².